The average molecular weight is 187 g/mol. The van der Waals surface area contributed by atoms with Gasteiger partial charge in [-0.15, -0.1) is 0 Å². The minimum atomic E-state index is -0.195. The quantitative estimate of drug-likeness (QED) is 0.552. The van der Waals surface area contributed by atoms with Crippen LogP contribution in [0, 0.1) is 5.92 Å². The third kappa shape index (κ3) is 6.99. The molecule has 0 bridgehead atoms. The Balaban J connectivity index is 1.68. The molecule has 1 atom stereocenters. The first-order chi connectivity index (χ1) is 6.29. The first-order valence-electron chi connectivity index (χ1n) is 5.25. The Bertz CT molecular complexity index is 118. The van der Waals surface area contributed by atoms with E-state index in [1.54, 1.807) is 0 Å². The molecule has 78 valence electrons. The van der Waals surface area contributed by atoms with Crippen LogP contribution < -0.4 is 5.32 Å². The molecule has 0 amide bonds. The molecule has 1 aliphatic rings. The van der Waals surface area contributed by atoms with Crippen molar-refractivity contribution in [2.24, 2.45) is 5.92 Å². The molecule has 1 unspecified atom stereocenters. The molecule has 0 heterocycles. The molecule has 1 rings (SSSR count). The summed E-state index contributed by atoms with van der Waals surface area (Å²) in [7, 11) is 0. The highest BCUT2D eigenvalue weighted by Gasteiger charge is 2.20. The third-order valence-corrected chi connectivity index (χ3v) is 2.21. The van der Waals surface area contributed by atoms with Crippen molar-refractivity contribution in [3.05, 3.63) is 0 Å². The van der Waals surface area contributed by atoms with E-state index in [4.69, 9.17) is 9.84 Å². The van der Waals surface area contributed by atoms with Gasteiger partial charge >= 0.3 is 0 Å². The van der Waals surface area contributed by atoms with E-state index in [1.807, 2.05) is 6.92 Å². The van der Waals surface area contributed by atoms with E-state index >= 15 is 0 Å². The van der Waals surface area contributed by atoms with E-state index in [1.165, 1.54) is 12.8 Å². The molecule has 0 aromatic carbocycles. The molecule has 3 nitrogen and oxygen atoms in total. The van der Waals surface area contributed by atoms with Crippen LogP contribution in [0.2, 0.25) is 0 Å². The van der Waals surface area contributed by atoms with Gasteiger partial charge in [0.25, 0.3) is 0 Å². The van der Waals surface area contributed by atoms with Crippen molar-refractivity contribution in [3.8, 4) is 0 Å². The number of rotatable bonds is 8. The van der Waals surface area contributed by atoms with Crippen molar-refractivity contribution in [2.45, 2.75) is 32.3 Å². The van der Waals surface area contributed by atoms with Crippen molar-refractivity contribution >= 4 is 0 Å². The summed E-state index contributed by atoms with van der Waals surface area (Å²) in [6.45, 7) is 5.34. The van der Waals surface area contributed by atoms with Crippen LogP contribution in [-0.2, 0) is 4.74 Å². The summed E-state index contributed by atoms with van der Waals surface area (Å²) in [5, 5.41) is 12.2. The fourth-order valence-electron chi connectivity index (χ4n) is 1.11. The molecule has 0 aliphatic heterocycles. The molecule has 0 aromatic heterocycles. The van der Waals surface area contributed by atoms with Gasteiger partial charge in [-0.2, -0.15) is 0 Å². The maximum Gasteiger partial charge on any atom is 0.0591 e. The van der Waals surface area contributed by atoms with Crippen LogP contribution in [0.25, 0.3) is 0 Å². The highest BCUT2D eigenvalue weighted by atomic mass is 16.5. The predicted octanol–water partition coefficient (Wildman–Crippen LogP) is 0.773. The zero-order valence-corrected chi connectivity index (χ0v) is 8.46. The molecule has 0 aromatic rings. The molecule has 0 spiro atoms. The van der Waals surface area contributed by atoms with Crippen LogP contribution in [0.5, 0.6) is 0 Å². The first kappa shape index (κ1) is 11.0. The van der Waals surface area contributed by atoms with E-state index in [2.05, 4.69) is 5.32 Å². The summed E-state index contributed by atoms with van der Waals surface area (Å²) in [6.07, 6.45) is 3.34. The van der Waals surface area contributed by atoms with Crippen molar-refractivity contribution in [1.82, 2.24) is 5.32 Å². The van der Waals surface area contributed by atoms with Gasteiger partial charge in [0.05, 0.1) is 12.7 Å². The Morgan fingerprint density at radius 3 is 2.85 bits per heavy atom. The number of aliphatic hydroxyl groups excluding tert-OH is 1. The van der Waals surface area contributed by atoms with Crippen LogP contribution in [0.1, 0.15) is 26.2 Å². The van der Waals surface area contributed by atoms with E-state index in [9.17, 15) is 0 Å². The summed E-state index contributed by atoms with van der Waals surface area (Å²) >= 11 is 0. The van der Waals surface area contributed by atoms with E-state index in [0.29, 0.717) is 0 Å². The van der Waals surface area contributed by atoms with Gasteiger partial charge in [-0.1, -0.05) is 0 Å². The standard InChI is InChI=1S/C10H21NO2/c1-9(12)4-5-11-6-7-13-8-10-2-3-10/h9-12H,2-8H2,1H3. The van der Waals surface area contributed by atoms with Crippen molar-refractivity contribution in [1.29, 1.82) is 0 Å². The van der Waals surface area contributed by atoms with Crippen LogP contribution in [0.3, 0.4) is 0 Å². The van der Waals surface area contributed by atoms with Gasteiger partial charge in [-0.25, -0.2) is 0 Å². The van der Waals surface area contributed by atoms with Crippen LogP contribution in [0.4, 0.5) is 0 Å². The fraction of sp³-hybridized carbons (Fsp3) is 1.00. The van der Waals surface area contributed by atoms with Gasteiger partial charge in [0.1, 0.15) is 0 Å². The molecular formula is C10H21NO2. The minimum absolute atomic E-state index is 0.195. The highest BCUT2D eigenvalue weighted by molar-refractivity contribution is 4.71. The third-order valence-electron chi connectivity index (χ3n) is 2.21. The molecule has 13 heavy (non-hydrogen) atoms. The second kappa shape index (κ2) is 6.35. The number of hydrogen-bond donors (Lipinski definition) is 2. The lowest BCUT2D eigenvalue weighted by Crippen LogP contribution is -2.23. The van der Waals surface area contributed by atoms with Gasteiger partial charge in [-0.05, 0) is 38.6 Å². The second-order valence-corrected chi connectivity index (χ2v) is 3.91. The van der Waals surface area contributed by atoms with Crippen molar-refractivity contribution < 1.29 is 9.84 Å². The van der Waals surface area contributed by atoms with Gasteiger partial charge in [-0.3, -0.25) is 0 Å². The Hall–Kier alpha value is -0.120. The lowest BCUT2D eigenvalue weighted by atomic mass is 10.3. The van der Waals surface area contributed by atoms with Gasteiger partial charge in [0.15, 0.2) is 0 Å². The molecule has 1 aliphatic carbocycles. The molecule has 0 radical (unpaired) electrons. The highest BCUT2D eigenvalue weighted by Crippen LogP contribution is 2.28. The maximum atomic E-state index is 8.96. The van der Waals surface area contributed by atoms with Gasteiger partial charge in [0, 0.05) is 13.2 Å². The fourth-order valence-corrected chi connectivity index (χ4v) is 1.11. The second-order valence-electron chi connectivity index (χ2n) is 3.91. The van der Waals surface area contributed by atoms with Crippen LogP contribution >= 0.6 is 0 Å². The monoisotopic (exact) mass is 187 g/mol. The number of hydrogen-bond acceptors (Lipinski definition) is 3. The summed E-state index contributed by atoms with van der Waals surface area (Å²) in [6, 6.07) is 0. The summed E-state index contributed by atoms with van der Waals surface area (Å²) in [5.41, 5.74) is 0. The Morgan fingerprint density at radius 1 is 1.46 bits per heavy atom. The maximum absolute atomic E-state index is 8.96. The first-order valence-corrected chi connectivity index (χ1v) is 5.25. The lowest BCUT2D eigenvalue weighted by Gasteiger charge is -2.06. The number of ether oxygens (including phenoxy) is 1. The van der Waals surface area contributed by atoms with Gasteiger partial charge < -0.3 is 15.2 Å². The van der Waals surface area contributed by atoms with Crippen LogP contribution in [0.15, 0.2) is 0 Å². The number of aliphatic hydroxyl groups is 1. The average Bonchev–Trinajstić information content (AvgIpc) is 2.86. The van der Waals surface area contributed by atoms with Crippen LogP contribution in [-0.4, -0.2) is 37.5 Å². The molecule has 1 fully saturated rings. The largest absolute Gasteiger partial charge is 0.393 e. The lowest BCUT2D eigenvalue weighted by molar-refractivity contribution is 0.124. The zero-order chi connectivity index (χ0) is 9.52. The zero-order valence-electron chi connectivity index (χ0n) is 8.46. The Morgan fingerprint density at radius 2 is 2.23 bits per heavy atom. The van der Waals surface area contributed by atoms with Gasteiger partial charge in [0.2, 0.25) is 0 Å². The van der Waals surface area contributed by atoms with Crippen molar-refractivity contribution in [2.75, 3.05) is 26.3 Å². The topological polar surface area (TPSA) is 41.5 Å². The summed E-state index contributed by atoms with van der Waals surface area (Å²) in [4.78, 5) is 0. The van der Waals surface area contributed by atoms with E-state index in [0.717, 1.165) is 38.6 Å². The molecule has 1 saturated carbocycles. The van der Waals surface area contributed by atoms with E-state index in [-0.39, 0.29) is 6.10 Å². The van der Waals surface area contributed by atoms with E-state index < -0.39 is 0 Å². The van der Waals surface area contributed by atoms with Crippen molar-refractivity contribution in [3.63, 3.8) is 0 Å². The Labute approximate surface area is 80.5 Å². The molecule has 2 N–H and O–H groups in total. The summed E-state index contributed by atoms with van der Waals surface area (Å²) in [5.74, 6) is 0.859. The molecular weight excluding hydrogens is 166 g/mol. The predicted molar refractivity (Wildman–Crippen MR) is 52.7 cm³/mol. The number of nitrogens with one attached hydrogen (secondary N) is 1. The summed E-state index contributed by atoms with van der Waals surface area (Å²) < 4.78 is 5.44. The normalized spacial score (nSPS) is 18.9. The minimum Gasteiger partial charge on any atom is -0.393 e. The molecule has 0 saturated heterocycles. The molecule has 3 heteroatoms. The smallest absolute Gasteiger partial charge is 0.0591 e. The Kier molecular flexibility index (Phi) is 5.35. The SMILES string of the molecule is CC(O)CCNCCOCC1CC1.